The van der Waals surface area contributed by atoms with E-state index < -0.39 is 6.29 Å². The van der Waals surface area contributed by atoms with Crippen LogP contribution in [0.3, 0.4) is 0 Å². The Balaban J connectivity index is 1.74. The minimum Gasteiger partial charge on any atom is -0.502 e. The second-order valence-electron chi connectivity index (χ2n) is 7.23. The van der Waals surface area contributed by atoms with Crippen molar-refractivity contribution in [3.63, 3.8) is 0 Å². The molecule has 0 radical (unpaired) electrons. The van der Waals surface area contributed by atoms with Gasteiger partial charge in [-0.05, 0) is 17.5 Å². The van der Waals surface area contributed by atoms with Crippen LogP contribution in [0.4, 0.5) is 0 Å². The Morgan fingerprint density at radius 3 is 1.74 bits per heavy atom. The van der Waals surface area contributed by atoms with Crippen molar-refractivity contribution >= 4 is 13.4 Å². The molecule has 2 aromatic carbocycles. The van der Waals surface area contributed by atoms with Gasteiger partial charge in [0.1, 0.15) is 0 Å². The van der Waals surface area contributed by atoms with Crippen LogP contribution in [0.25, 0.3) is 0 Å². The molecular formula is C23H26N2O2. The number of nitrogens with zero attached hydrogens (tertiary/aromatic N) is 2. The quantitative estimate of drug-likeness (QED) is 0.525. The van der Waals surface area contributed by atoms with E-state index in [1.165, 1.54) is 6.42 Å². The lowest BCUT2D eigenvalue weighted by molar-refractivity contribution is -0.604. The van der Waals surface area contributed by atoms with Crippen molar-refractivity contribution in [3.8, 4) is 11.5 Å². The summed E-state index contributed by atoms with van der Waals surface area (Å²) in [5.41, 5.74) is 2.00. The molecule has 4 nitrogen and oxygen atoms in total. The maximum absolute atomic E-state index is 6.10. The van der Waals surface area contributed by atoms with Gasteiger partial charge in [0.25, 0.3) is 0 Å². The Kier molecular flexibility index (Phi) is 4.80. The number of hydrogen-bond acceptors (Lipinski definition) is 2. The van der Waals surface area contributed by atoms with Crippen molar-refractivity contribution < 1.29 is 18.6 Å². The highest BCUT2D eigenvalue weighted by molar-refractivity contribution is 5.39. The van der Waals surface area contributed by atoms with Gasteiger partial charge in [-0.1, -0.05) is 24.3 Å². The third-order valence-corrected chi connectivity index (χ3v) is 5.33. The zero-order valence-corrected chi connectivity index (χ0v) is 15.8. The first-order valence-electron chi connectivity index (χ1n) is 9.50. The average Bonchev–Trinajstić information content (AvgIpc) is 3.14. The van der Waals surface area contributed by atoms with Gasteiger partial charge < -0.3 is 9.47 Å². The standard InChI is InChI=1S/C23H26N2O2/c1-17-26-22-13-6-4-9-18(22)15-24(2)20-11-8-12-21(20)25(3)16-19-10-5-7-14-23(19)27-17/h4-7,9-10,13-17,20-21H,2-3,8,11-12H2,1H3. The molecular weight excluding hydrogens is 336 g/mol. The molecule has 1 saturated carbocycles. The Hall–Kier alpha value is -2.88. The van der Waals surface area contributed by atoms with Crippen LogP contribution >= 0.6 is 0 Å². The molecule has 0 spiro atoms. The third kappa shape index (κ3) is 3.65. The average molecular weight is 362 g/mol. The third-order valence-electron chi connectivity index (χ3n) is 5.33. The van der Waals surface area contributed by atoms with E-state index in [4.69, 9.17) is 9.47 Å². The van der Waals surface area contributed by atoms with Crippen LogP contribution < -0.4 is 9.47 Å². The fraction of sp³-hybridized carbons (Fsp3) is 0.304. The van der Waals surface area contributed by atoms with Gasteiger partial charge >= 0.3 is 0 Å². The molecule has 0 amide bonds. The first kappa shape index (κ1) is 17.5. The molecule has 2 atom stereocenters. The van der Waals surface area contributed by atoms with Crippen molar-refractivity contribution in [2.75, 3.05) is 0 Å². The molecule has 1 fully saturated rings. The molecule has 0 N–H and O–H groups in total. The summed E-state index contributed by atoms with van der Waals surface area (Å²) < 4.78 is 16.3. The van der Waals surface area contributed by atoms with Crippen LogP contribution in [-0.4, -0.2) is 41.0 Å². The van der Waals surface area contributed by atoms with Crippen LogP contribution in [0.1, 0.15) is 37.3 Å². The second kappa shape index (κ2) is 7.39. The Morgan fingerprint density at radius 2 is 1.26 bits per heavy atom. The van der Waals surface area contributed by atoms with E-state index in [1.807, 2.05) is 55.5 Å². The first-order chi connectivity index (χ1) is 13.1. The van der Waals surface area contributed by atoms with Crippen molar-refractivity contribution in [1.29, 1.82) is 0 Å². The summed E-state index contributed by atoms with van der Waals surface area (Å²) in [4.78, 5) is 0. The minimum absolute atomic E-state index is 0.304. The molecule has 0 bridgehead atoms. The van der Waals surface area contributed by atoms with Gasteiger partial charge in [-0.15, -0.1) is 24.3 Å². The predicted octanol–water partition coefficient (Wildman–Crippen LogP) is 3.87. The molecule has 1 aliphatic heterocycles. The smallest absolute Gasteiger partial charge is 0.218 e. The molecule has 1 aliphatic carbocycles. The molecule has 2 unspecified atom stereocenters. The number of para-hydroxylation sites is 2. The summed E-state index contributed by atoms with van der Waals surface area (Å²) in [6.07, 6.45) is 2.94. The number of benzene rings is 2. The van der Waals surface area contributed by atoms with E-state index in [1.54, 1.807) is 0 Å². The van der Waals surface area contributed by atoms with Crippen LogP contribution in [0.5, 0.6) is 11.5 Å². The summed E-state index contributed by atoms with van der Waals surface area (Å²) in [5.74, 6) is 1.58. The van der Waals surface area contributed by atoms with Crippen LogP contribution in [0.15, 0.2) is 48.5 Å². The SMILES string of the molecule is C=[N+]1[CH-]c2ccccc2OC(C)Oc2ccccc2[CH-][N+](=C)C2CCCC21. The van der Waals surface area contributed by atoms with E-state index in [9.17, 15) is 0 Å². The molecule has 4 rings (SSSR count). The van der Waals surface area contributed by atoms with E-state index in [0.29, 0.717) is 12.1 Å². The second-order valence-corrected chi connectivity index (χ2v) is 7.23. The summed E-state index contributed by atoms with van der Waals surface area (Å²) >= 11 is 0. The van der Waals surface area contributed by atoms with Gasteiger partial charge in [0, 0.05) is 19.8 Å². The molecule has 2 aromatic rings. The topological polar surface area (TPSA) is 24.5 Å². The highest BCUT2D eigenvalue weighted by Crippen LogP contribution is 2.31. The van der Waals surface area contributed by atoms with Crippen LogP contribution in [0.2, 0.25) is 0 Å². The van der Waals surface area contributed by atoms with Gasteiger partial charge in [-0.25, -0.2) is 0 Å². The lowest BCUT2D eigenvalue weighted by atomic mass is 10.1. The number of fused-ring (bicyclic) bond motifs is 3. The van der Waals surface area contributed by atoms with Crippen LogP contribution in [0, 0.1) is 13.1 Å². The highest BCUT2D eigenvalue weighted by atomic mass is 16.7. The number of hydrogen-bond donors (Lipinski definition) is 0. The van der Waals surface area contributed by atoms with E-state index >= 15 is 0 Å². The molecule has 0 aromatic heterocycles. The van der Waals surface area contributed by atoms with Gasteiger partial charge in [0.2, 0.25) is 18.4 Å². The summed E-state index contributed by atoms with van der Waals surface area (Å²) in [6, 6.07) is 16.6. The van der Waals surface area contributed by atoms with Gasteiger partial charge in [0.05, 0.1) is 38.0 Å². The zero-order valence-electron chi connectivity index (χ0n) is 15.8. The van der Waals surface area contributed by atoms with Crippen molar-refractivity contribution in [3.05, 3.63) is 72.7 Å². The highest BCUT2D eigenvalue weighted by Gasteiger charge is 2.39. The Bertz CT molecular complexity index is 791. The molecule has 1 heterocycles. The normalized spacial score (nSPS) is 25.0. The fourth-order valence-corrected chi connectivity index (χ4v) is 4.01. The molecule has 0 saturated heterocycles. The van der Waals surface area contributed by atoms with Crippen molar-refractivity contribution in [1.82, 2.24) is 0 Å². The van der Waals surface area contributed by atoms with E-state index in [2.05, 4.69) is 35.7 Å². The first-order valence-corrected chi connectivity index (χ1v) is 9.50. The lowest BCUT2D eigenvalue weighted by Crippen LogP contribution is -2.38. The van der Waals surface area contributed by atoms with Gasteiger partial charge in [-0.3, -0.25) is 9.15 Å². The number of rotatable bonds is 0. The number of ether oxygens (including phenoxy) is 2. The fourth-order valence-electron chi connectivity index (χ4n) is 4.01. The molecule has 140 valence electrons. The van der Waals surface area contributed by atoms with Crippen molar-refractivity contribution in [2.24, 2.45) is 0 Å². The largest absolute Gasteiger partial charge is 0.502 e. The molecule has 4 heteroatoms. The van der Waals surface area contributed by atoms with Crippen LogP contribution in [-0.2, 0) is 0 Å². The molecule has 27 heavy (non-hydrogen) atoms. The predicted molar refractivity (Wildman–Crippen MR) is 107 cm³/mol. The monoisotopic (exact) mass is 362 g/mol. The summed E-state index contributed by atoms with van der Waals surface area (Å²) in [7, 11) is 0. The van der Waals surface area contributed by atoms with Gasteiger partial charge in [-0.2, -0.15) is 0 Å². The van der Waals surface area contributed by atoms with Crippen molar-refractivity contribution in [2.45, 2.75) is 44.6 Å². The zero-order chi connectivity index (χ0) is 18.8. The summed E-state index contributed by atoms with van der Waals surface area (Å²) in [6.45, 7) is 14.7. The maximum Gasteiger partial charge on any atom is 0.218 e. The summed E-state index contributed by atoms with van der Waals surface area (Å²) in [5, 5.41) is 0. The Labute approximate surface area is 161 Å². The lowest BCUT2D eigenvalue weighted by Gasteiger charge is -2.24. The maximum atomic E-state index is 6.10. The van der Waals surface area contributed by atoms with E-state index in [0.717, 1.165) is 35.5 Å². The van der Waals surface area contributed by atoms with Gasteiger partial charge in [0.15, 0.2) is 0 Å². The Morgan fingerprint density at radius 1 is 0.815 bits per heavy atom. The molecule has 2 aliphatic rings. The van der Waals surface area contributed by atoms with E-state index in [-0.39, 0.29) is 0 Å². The minimum atomic E-state index is -0.425.